The van der Waals surface area contributed by atoms with Crippen molar-refractivity contribution in [1.29, 1.82) is 5.26 Å². The number of carbonyl (C=O) groups is 1. The first kappa shape index (κ1) is 14.6. The maximum Gasteiger partial charge on any atom is 0.333 e. The molecule has 4 bridgehead atoms. The van der Waals surface area contributed by atoms with Crippen molar-refractivity contribution in [2.75, 3.05) is 6.61 Å². The van der Waals surface area contributed by atoms with Gasteiger partial charge in [-0.3, -0.25) is 0 Å². The topological polar surface area (TPSA) is 59.3 Å². The Bertz CT molecular complexity index is 491. The predicted octanol–water partition coefficient (Wildman–Crippen LogP) is 3.13. The van der Waals surface area contributed by atoms with Gasteiger partial charge in [0.1, 0.15) is 5.60 Å². The second-order valence-corrected chi connectivity index (χ2v) is 7.25. The van der Waals surface area contributed by atoms with Crippen molar-refractivity contribution in [3.8, 4) is 6.07 Å². The van der Waals surface area contributed by atoms with Crippen molar-refractivity contribution >= 4 is 5.97 Å². The number of carbonyl (C=O) groups excluding carboxylic acids is 1. The number of hydrogen-bond acceptors (Lipinski definition) is 4. The van der Waals surface area contributed by atoms with Crippen LogP contribution in [0.15, 0.2) is 12.2 Å². The summed E-state index contributed by atoms with van der Waals surface area (Å²) < 4.78 is 12.0. The van der Waals surface area contributed by atoms with Gasteiger partial charge in [0.15, 0.2) is 0 Å². The van der Waals surface area contributed by atoms with Crippen LogP contribution in [-0.2, 0) is 14.3 Å². The predicted molar refractivity (Wildman–Crippen MR) is 77.2 cm³/mol. The lowest BCUT2D eigenvalue weighted by atomic mass is 9.52. The Hall–Kier alpha value is -1.34. The molecule has 0 spiro atoms. The molecule has 4 saturated carbocycles. The van der Waals surface area contributed by atoms with Crippen molar-refractivity contribution in [2.45, 2.75) is 63.1 Å². The summed E-state index contributed by atoms with van der Waals surface area (Å²) in [5.74, 6) is 0.904. The average Bonchev–Trinajstić information content (AvgIpc) is 2.36. The van der Waals surface area contributed by atoms with Crippen molar-refractivity contribution in [2.24, 2.45) is 11.8 Å². The van der Waals surface area contributed by atoms with Gasteiger partial charge in [-0.2, -0.15) is 5.26 Å². The Balaban J connectivity index is 1.76. The molecule has 4 nitrogen and oxygen atoms in total. The summed E-state index contributed by atoms with van der Waals surface area (Å²) in [7, 11) is 0. The third-order valence-corrected chi connectivity index (χ3v) is 5.23. The Labute approximate surface area is 126 Å². The second-order valence-electron chi connectivity index (χ2n) is 7.25. The van der Waals surface area contributed by atoms with E-state index in [1.807, 2.05) is 0 Å². The zero-order chi connectivity index (χ0) is 15.1. The summed E-state index contributed by atoms with van der Waals surface area (Å²) in [6.07, 6.45) is 6.49. The standard InChI is InChI=1S/C17H23NO3/c1-12(2)15(19)21-17-9-13-6-14(10-17)8-16(7-13,11-17)20-5-3-4-18/h13-14H,1,3,5-11H2,2H3. The van der Waals surface area contributed by atoms with Gasteiger partial charge in [-0.05, 0) is 50.9 Å². The van der Waals surface area contributed by atoms with Gasteiger partial charge in [0.05, 0.1) is 24.7 Å². The average molecular weight is 289 g/mol. The minimum absolute atomic E-state index is 0.170. The molecule has 4 aliphatic rings. The highest BCUT2D eigenvalue weighted by Crippen LogP contribution is 2.60. The zero-order valence-electron chi connectivity index (χ0n) is 12.7. The third-order valence-electron chi connectivity index (χ3n) is 5.23. The summed E-state index contributed by atoms with van der Waals surface area (Å²) in [6.45, 7) is 5.87. The first-order valence-electron chi connectivity index (χ1n) is 7.86. The largest absolute Gasteiger partial charge is 0.456 e. The van der Waals surface area contributed by atoms with Crippen LogP contribution >= 0.6 is 0 Å². The smallest absolute Gasteiger partial charge is 0.333 e. The van der Waals surface area contributed by atoms with E-state index in [2.05, 4.69) is 12.6 Å². The summed E-state index contributed by atoms with van der Waals surface area (Å²) in [5, 5.41) is 8.70. The summed E-state index contributed by atoms with van der Waals surface area (Å²) in [4.78, 5) is 12.0. The molecule has 0 aromatic carbocycles. The van der Waals surface area contributed by atoms with Gasteiger partial charge >= 0.3 is 5.97 Å². The molecule has 4 fully saturated rings. The zero-order valence-corrected chi connectivity index (χ0v) is 12.7. The molecule has 0 amide bonds. The number of rotatable bonds is 5. The van der Waals surface area contributed by atoms with Crippen LogP contribution < -0.4 is 0 Å². The Kier molecular flexibility index (Phi) is 3.57. The quantitative estimate of drug-likeness (QED) is 0.443. The van der Waals surface area contributed by atoms with Crippen molar-refractivity contribution < 1.29 is 14.3 Å². The van der Waals surface area contributed by atoms with Crippen LogP contribution in [0.25, 0.3) is 0 Å². The van der Waals surface area contributed by atoms with E-state index < -0.39 is 0 Å². The van der Waals surface area contributed by atoms with Crippen LogP contribution in [0.2, 0.25) is 0 Å². The van der Waals surface area contributed by atoms with Gasteiger partial charge in [0.25, 0.3) is 0 Å². The van der Waals surface area contributed by atoms with Crippen LogP contribution in [0.3, 0.4) is 0 Å². The van der Waals surface area contributed by atoms with E-state index in [1.165, 1.54) is 6.42 Å². The summed E-state index contributed by atoms with van der Waals surface area (Å²) in [6, 6.07) is 2.13. The SMILES string of the molecule is C=C(C)C(=O)OC12CC3CC(CC(OCCC#N)(C3)C1)C2. The molecule has 2 unspecified atom stereocenters. The van der Waals surface area contributed by atoms with Crippen LogP contribution in [-0.4, -0.2) is 23.8 Å². The van der Waals surface area contributed by atoms with Gasteiger partial charge < -0.3 is 9.47 Å². The minimum Gasteiger partial charge on any atom is -0.456 e. The molecule has 4 aliphatic carbocycles. The fraction of sp³-hybridized carbons (Fsp3) is 0.765. The molecule has 0 N–H and O–H groups in total. The number of nitriles is 1. The molecule has 0 aromatic heterocycles. The number of ether oxygens (including phenoxy) is 2. The fourth-order valence-electron chi connectivity index (χ4n) is 4.98. The van der Waals surface area contributed by atoms with E-state index in [1.54, 1.807) is 6.92 Å². The Morgan fingerprint density at radius 2 is 1.90 bits per heavy atom. The molecule has 0 saturated heterocycles. The van der Waals surface area contributed by atoms with Crippen LogP contribution in [0, 0.1) is 23.2 Å². The molecule has 2 atom stereocenters. The summed E-state index contributed by atoms with van der Waals surface area (Å²) in [5.41, 5.74) is -0.0616. The lowest BCUT2D eigenvalue weighted by molar-refractivity contribution is -0.231. The molecule has 21 heavy (non-hydrogen) atoms. The number of esters is 1. The van der Waals surface area contributed by atoms with Gasteiger partial charge in [-0.15, -0.1) is 0 Å². The highest BCUT2D eigenvalue weighted by molar-refractivity contribution is 5.87. The molecule has 0 radical (unpaired) electrons. The molecule has 114 valence electrons. The Morgan fingerprint density at radius 3 is 2.48 bits per heavy atom. The molecule has 0 heterocycles. The molecule has 4 rings (SSSR count). The van der Waals surface area contributed by atoms with E-state index in [-0.39, 0.29) is 17.2 Å². The lowest BCUT2D eigenvalue weighted by Gasteiger charge is -2.60. The monoisotopic (exact) mass is 289 g/mol. The number of hydrogen-bond donors (Lipinski definition) is 0. The van der Waals surface area contributed by atoms with Gasteiger partial charge in [0, 0.05) is 12.0 Å². The normalized spacial score (nSPS) is 39.8. The first-order valence-corrected chi connectivity index (χ1v) is 7.86. The molecular weight excluding hydrogens is 266 g/mol. The van der Waals surface area contributed by atoms with E-state index in [4.69, 9.17) is 14.7 Å². The van der Waals surface area contributed by atoms with E-state index in [0.717, 1.165) is 32.1 Å². The Morgan fingerprint density at radius 1 is 1.29 bits per heavy atom. The lowest BCUT2D eigenvalue weighted by Crippen LogP contribution is -2.61. The van der Waals surface area contributed by atoms with Gasteiger partial charge in [-0.1, -0.05) is 6.58 Å². The van der Waals surface area contributed by atoms with Crippen molar-refractivity contribution in [3.63, 3.8) is 0 Å². The fourth-order valence-corrected chi connectivity index (χ4v) is 4.98. The number of nitrogens with zero attached hydrogens (tertiary/aromatic N) is 1. The molecule has 0 aliphatic heterocycles. The van der Waals surface area contributed by atoms with Crippen LogP contribution in [0.1, 0.15) is 51.9 Å². The van der Waals surface area contributed by atoms with Crippen LogP contribution in [0.5, 0.6) is 0 Å². The first-order chi connectivity index (χ1) is 9.96. The van der Waals surface area contributed by atoms with E-state index in [0.29, 0.717) is 30.4 Å². The summed E-state index contributed by atoms with van der Waals surface area (Å²) >= 11 is 0. The minimum atomic E-state index is -0.354. The van der Waals surface area contributed by atoms with Crippen molar-refractivity contribution in [1.82, 2.24) is 0 Å². The molecule has 4 heteroatoms. The van der Waals surface area contributed by atoms with Crippen LogP contribution in [0.4, 0.5) is 0 Å². The molecular formula is C17H23NO3. The van der Waals surface area contributed by atoms with Gasteiger partial charge in [-0.25, -0.2) is 4.79 Å². The maximum absolute atomic E-state index is 12.0. The van der Waals surface area contributed by atoms with E-state index in [9.17, 15) is 4.79 Å². The highest BCUT2D eigenvalue weighted by atomic mass is 16.6. The van der Waals surface area contributed by atoms with Gasteiger partial charge in [0.2, 0.25) is 0 Å². The second kappa shape index (κ2) is 5.14. The van der Waals surface area contributed by atoms with E-state index >= 15 is 0 Å². The maximum atomic E-state index is 12.0. The third kappa shape index (κ3) is 2.72. The van der Waals surface area contributed by atoms with Crippen molar-refractivity contribution in [3.05, 3.63) is 12.2 Å². The molecule has 0 aromatic rings. The highest BCUT2D eigenvalue weighted by Gasteiger charge is 2.60.